The summed E-state index contributed by atoms with van der Waals surface area (Å²) in [7, 11) is 0. The molecule has 0 saturated heterocycles. The zero-order chi connectivity index (χ0) is 18.2. The average molecular weight is 352 g/mol. The van der Waals surface area contributed by atoms with Gasteiger partial charge in [-0.15, -0.1) is 0 Å². The summed E-state index contributed by atoms with van der Waals surface area (Å²) in [6.45, 7) is 0. The fraction of sp³-hybridized carbons (Fsp3) is 0. The minimum atomic E-state index is 1.32. The molecule has 6 aromatic rings. The summed E-state index contributed by atoms with van der Waals surface area (Å²) < 4.78 is 0. The first kappa shape index (κ1) is 14.4. The van der Waals surface area contributed by atoms with Crippen LogP contribution in [0.4, 0.5) is 0 Å². The lowest BCUT2D eigenvalue weighted by molar-refractivity contribution is 1.67. The minimum Gasteiger partial charge on any atom is -0.0610 e. The van der Waals surface area contributed by atoms with Gasteiger partial charge < -0.3 is 0 Å². The Balaban J connectivity index is 1.63. The lowest BCUT2D eigenvalue weighted by Gasteiger charge is -2.15. The van der Waals surface area contributed by atoms with Crippen LogP contribution in [0, 0.1) is 0 Å². The summed E-state index contributed by atoms with van der Waals surface area (Å²) in [5.74, 6) is 0. The van der Waals surface area contributed by atoms with Crippen molar-refractivity contribution in [2.45, 2.75) is 0 Å². The van der Waals surface area contributed by atoms with Crippen LogP contribution in [0.3, 0.4) is 0 Å². The Morgan fingerprint density at radius 2 is 1.00 bits per heavy atom. The highest BCUT2D eigenvalue weighted by Crippen LogP contribution is 2.44. The van der Waals surface area contributed by atoms with E-state index < -0.39 is 0 Å². The summed E-state index contributed by atoms with van der Waals surface area (Å²) in [5, 5.41) is 10.8. The molecule has 7 rings (SSSR count). The molecule has 0 radical (unpaired) electrons. The van der Waals surface area contributed by atoms with Gasteiger partial charge in [0.05, 0.1) is 0 Å². The van der Waals surface area contributed by atoms with E-state index in [4.69, 9.17) is 0 Å². The smallest absolute Gasteiger partial charge is 0.00206 e. The van der Waals surface area contributed by atoms with Crippen molar-refractivity contribution in [3.63, 3.8) is 0 Å². The molecule has 0 heterocycles. The maximum absolute atomic E-state index is 2.36. The maximum atomic E-state index is 2.36. The monoisotopic (exact) mass is 352 g/mol. The van der Waals surface area contributed by atoms with E-state index in [2.05, 4.69) is 97.1 Å². The molecule has 0 atom stereocenters. The van der Waals surface area contributed by atoms with Gasteiger partial charge >= 0.3 is 0 Å². The summed E-state index contributed by atoms with van der Waals surface area (Å²) in [5.41, 5.74) is 5.34. The van der Waals surface area contributed by atoms with Crippen LogP contribution in [-0.2, 0) is 0 Å². The number of hydrogen-bond acceptors (Lipinski definition) is 0. The molecule has 1 aliphatic carbocycles. The number of rotatable bonds is 1. The molecule has 6 aromatic carbocycles. The Morgan fingerprint density at radius 1 is 0.393 bits per heavy atom. The molecule has 0 spiro atoms. The second-order valence-electron chi connectivity index (χ2n) is 7.78. The third kappa shape index (κ3) is 1.70. The Kier molecular flexibility index (Phi) is 2.57. The molecule has 1 aliphatic rings. The van der Waals surface area contributed by atoms with Crippen LogP contribution >= 0.6 is 0 Å². The first-order chi connectivity index (χ1) is 13.9. The van der Waals surface area contributed by atoms with E-state index in [0.717, 1.165) is 0 Å². The molecule has 0 heteroatoms. The van der Waals surface area contributed by atoms with E-state index in [1.807, 2.05) is 0 Å². The first-order valence-electron chi connectivity index (χ1n) is 9.79. The third-order valence-electron chi connectivity index (χ3n) is 6.35. The van der Waals surface area contributed by atoms with E-state index in [1.165, 1.54) is 65.4 Å². The molecule has 0 N–H and O–H groups in total. The zero-order valence-electron chi connectivity index (χ0n) is 15.2. The Bertz CT molecular complexity index is 1580. The molecule has 0 aliphatic heterocycles. The Hall–Kier alpha value is -3.64. The van der Waals surface area contributed by atoms with Crippen molar-refractivity contribution in [2.75, 3.05) is 0 Å². The highest BCUT2D eigenvalue weighted by Gasteiger charge is 2.20. The maximum Gasteiger partial charge on any atom is -0.00206 e. The van der Waals surface area contributed by atoms with Crippen LogP contribution in [0.5, 0.6) is 0 Å². The van der Waals surface area contributed by atoms with E-state index in [-0.39, 0.29) is 0 Å². The molecular formula is C28H16. The van der Waals surface area contributed by atoms with Crippen molar-refractivity contribution in [1.29, 1.82) is 0 Å². The fourth-order valence-corrected chi connectivity index (χ4v) is 5.14. The largest absolute Gasteiger partial charge is 0.0610 e. The van der Waals surface area contributed by atoms with E-state index in [9.17, 15) is 0 Å². The summed E-state index contributed by atoms with van der Waals surface area (Å²) in [4.78, 5) is 0. The lowest BCUT2D eigenvalue weighted by Crippen LogP contribution is -1.90. The molecule has 0 unspecified atom stereocenters. The lowest BCUT2D eigenvalue weighted by atomic mass is 9.88. The highest BCUT2D eigenvalue weighted by molar-refractivity contribution is 6.26. The van der Waals surface area contributed by atoms with Crippen LogP contribution in [0.25, 0.3) is 54.7 Å². The first-order valence-corrected chi connectivity index (χ1v) is 9.79. The molecule has 0 bridgehead atoms. The Labute approximate surface area is 162 Å². The van der Waals surface area contributed by atoms with Crippen LogP contribution in [0.2, 0.25) is 0 Å². The van der Waals surface area contributed by atoms with Crippen LogP contribution in [0.15, 0.2) is 91.0 Å². The average Bonchev–Trinajstić information content (AvgIpc) is 3.13. The minimum absolute atomic E-state index is 1.32. The molecule has 0 saturated carbocycles. The van der Waals surface area contributed by atoms with Crippen molar-refractivity contribution < 1.29 is 0 Å². The highest BCUT2D eigenvalue weighted by atomic mass is 14.2. The van der Waals surface area contributed by atoms with Crippen molar-refractivity contribution in [3.8, 4) is 0 Å². The van der Waals surface area contributed by atoms with Crippen molar-refractivity contribution in [3.05, 3.63) is 108 Å². The van der Waals surface area contributed by atoms with Gasteiger partial charge in [0.25, 0.3) is 0 Å². The normalized spacial score (nSPS) is 13.2. The predicted octanol–water partition coefficient (Wildman–Crippen LogP) is 7.64. The number of benzene rings is 6. The summed E-state index contributed by atoms with van der Waals surface area (Å²) in [6.07, 6.45) is 2.36. The van der Waals surface area contributed by atoms with Crippen LogP contribution in [0.1, 0.15) is 16.7 Å². The van der Waals surface area contributed by atoms with Gasteiger partial charge in [-0.05, 0) is 71.4 Å². The van der Waals surface area contributed by atoms with Crippen molar-refractivity contribution in [1.82, 2.24) is 0 Å². The van der Waals surface area contributed by atoms with Gasteiger partial charge in [-0.25, -0.2) is 0 Å². The van der Waals surface area contributed by atoms with Gasteiger partial charge in [-0.2, -0.15) is 0 Å². The van der Waals surface area contributed by atoms with E-state index >= 15 is 0 Å². The molecule has 0 nitrogen and oxygen atoms in total. The van der Waals surface area contributed by atoms with Gasteiger partial charge in [0.15, 0.2) is 0 Å². The van der Waals surface area contributed by atoms with Crippen molar-refractivity contribution >= 4 is 54.7 Å². The van der Waals surface area contributed by atoms with Gasteiger partial charge in [-0.1, -0.05) is 91.0 Å². The molecule has 0 aromatic heterocycles. The molecular weight excluding hydrogens is 336 g/mol. The van der Waals surface area contributed by atoms with E-state index in [1.54, 1.807) is 0 Å². The van der Waals surface area contributed by atoms with Gasteiger partial charge in [0, 0.05) is 0 Å². The molecule has 0 amide bonds. The van der Waals surface area contributed by atoms with Gasteiger partial charge in [-0.3, -0.25) is 0 Å². The van der Waals surface area contributed by atoms with Gasteiger partial charge in [0.2, 0.25) is 0 Å². The topological polar surface area (TPSA) is 0 Å². The standard InChI is InChI=1S/C28H16/c1-5-18-10-11-20-12-14-22(24-15-13-19(6-1)27(18)28(20)24)25-16-21-8-2-4-17-7-3-9-23(25)26(17)21/h1-16H. The molecule has 0 fully saturated rings. The molecule has 128 valence electrons. The number of hydrogen-bond donors (Lipinski definition) is 0. The van der Waals surface area contributed by atoms with Crippen LogP contribution in [-0.4, -0.2) is 0 Å². The third-order valence-corrected chi connectivity index (χ3v) is 6.35. The van der Waals surface area contributed by atoms with Gasteiger partial charge in [0.1, 0.15) is 0 Å². The Morgan fingerprint density at radius 3 is 1.82 bits per heavy atom. The molecule has 28 heavy (non-hydrogen) atoms. The quantitative estimate of drug-likeness (QED) is 0.266. The van der Waals surface area contributed by atoms with E-state index in [0.29, 0.717) is 0 Å². The van der Waals surface area contributed by atoms with Crippen LogP contribution < -0.4 is 0 Å². The SMILES string of the molecule is C1=C(c2ccc3ccc4cccc5ccc2c3c45)c2cccc3cccc1c23. The predicted molar refractivity (Wildman–Crippen MR) is 121 cm³/mol. The second kappa shape index (κ2) is 4.99. The zero-order valence-corrected chi connectivity index (χ0v) is 15.2. The summed E-state index contributed by atoms with van der Waals surface area (Å²) >= 11 is 0. The fourth-order valence-electron chi connectivity index (χ4n) is 5.14. The van der Waals surface area contributed by atoms with Crippen molar-refractivity contribution in [2.24, 2.45) is 0 Å². The second-order valence-corrected chi connectivity index (χ2v) is 7.78. The summed E-state index contributed by atoms with van der Waals surface area (Å²) in [6, 6.07) is 33.5.